The van der Waals surface area contributed by atoms with E-state index in [9.17, 15) is 26.4 Å². The quantitative estimate of drug-likeness (QED) is 0.641. The van der Waals surface area contributed by atoms with Crippen LogP contribution in [0.25, 0.3) is 0 Å². The van der Waals surface area contributed by atoms with Gasteiger partial charge in [0.2, 0.25) is 15.9 Å². The number of nitrogens with zero attached hydrogens (tertiary/aromatic N) is 2. The number of carboxylic acids is 1. The van der Waals surface area contributed by atoms with Crippen LogP contribution >= 0.6 is 0 Å². The van der Waals surface area contributed by atoms with Gasteiger partial charge in [-0.2, -0.15) is 17.5 Å². The van der Waals surface area contributed by atoms with Crippen molar-refractivity contribution in [3.8, 4) is 0 Å². The number of aliphatic carboxylic acids is 1. The van der Waals surface area contributed by atoms with Gasteiger partial charge in [0, 0.05) is 37.9 Å². The Balaban J connectivity index is 0.000000429. The number of carbonyl (C=O) groups excluding carboxylic acids is 1. The van der Waals surface area contributed by atoms with E-state index in [4.69, 9.17) is 14.6 Å². The minimum atomic E-state index is -5.08. The van der Waals surface area contributed by atoms with Crippen LogP contribution in [-0.4, -0.2) is 67.2 Å². The molecular weight excluding hydrogens is 491 g/mol. The summed E-state index contributed by atoms with van der Waals surface area (Å²) >= 11 is 0. The van der Waals surface area contributed by atoms with Crippen LogP contribution in [0.5, 0.6) is 0 Å². The number of sulfonamides is 1. The Bertz CT molecular complexity index is 1120. The molecule has 2 aromatic rings. The fourth-order valence-electron chi connectivity index (χ4n) is 4.16. The average Bonchev–Trinajstić information content (AvgIpc) is 3.20. The second-order valence-corrected chi connectivity index (χ2v) is 10.1. The Morgan fingerprint density at radius 1 is 1.11 bits per heavy atom. The molecule has 0 saturated carbocycles. The number of ether oxygens (including phenoxy) is 1. The van der Waals surface area contributed by atoms with E-state index in [1.165, 1.54) is 4.31 Å². The molecule has 1 unspecified atom stereocenters. The normalized spacial score (nSPS) is 20.0. The zero-order valence-electron chi connectivity index (χ0n) is 18.4. The Labute approximate surface area is 200 Å². The highest BCUT2D eigenvalue weighted by Crippen LogP contribution is 2.46. The number of carbonyl (C=O) groups is 2. The van der Waals surface area contributed by atoms with E-state index in [2.05, 4.69) is 10.3 Å². The standard InChI is InChI=1S/C20H23N3O4S.C2HF3O2/c24-19(22-16-5-4-10-21-13-16)18-14-23(15-20(18)8-11-27-12-9-20)28(25,26)17-6-2-1-3-7-17;3-2(4,5)1(6)7/h1-7,10,13,18H,8-9,11-12,14-15H2,(H,22,24);(H,6,7). The number of hydrogen-bond donors (Lipinski definition) is 2. The van der Waals surface area contributed by atoms with Gasteiger partial charge in [0.05, 0.1) is 22.7 Å². The summed E-state index contributed by atoms with van der Waals surface area (Å²) in [6, 6.07) is 11.9. The van der Waals surface area contributed by atoms with Gasteiger partial charge in [0.15, 0.2) is 0 Å². The molecule has 2 aliphatic heterocycles. The van der Waals surface area contributed by atoms with Gasteiger partial charge in [-0.05, 0) is 37.1 Å². The van der Waals surface area contributed by atoms with Crippen LogP contribution in [0.15, 0.2) is 59.8 Å². The Hall–Kier alpha value is -3.03. The van der Waals surface area contributed by atoms with E-state index in [0.717, 1.165) is 0 Å². The number of hydrogen-bond acceptors (Lipinski definition) is 6. The highest BCUT2D eigenvalue weighted by Gasteiger charge is 2.53. The third-order valence-corrected chi connectivity index (χ3v) is 7.80. The molecule has 0 bridgehead atoms. The Morgan fingerprint density at radius 2 is 1.74 bits per heavy atom. The summed E-state index contributed by atoms with van der Waals surface area (Å²) in [6.07, 6.45) is -0.529. The number of amides is 1. The van der Waals surface area contributed by atoms with Crippen molar-refractivity contribution in [3.05, 3.63) is 54.9 Å². The van der Waals surface area contributed by atoms with E-state index in [1.807, 2.05) is 0 Å². The highest BCUT2D eigenvalue weighted by molar-refractivity contribution is 7.89. The SMILES string of the molecule is O=C(Nc1cccnc1)C1CN(S(=O)(=O)c2ccccc2)CC12CCOCC2.O=C(O)C(F)(F)F. The van der Waals surface area contributed by atoms with Gasteiger partial charge >= 0.3 is 12.1 Å². The van der Waals surface area contributed by atoms with Gasteiger partial charge in [-0.25, -0.2) is 13.2 Å². The summed E-state index contributed by atoms with van der Waals surface area (Å²) in [7, 11) is -3.65. The highest BCUT2D eigenvalue weighted by atomic mass is 32.2. The van der Waals surface area contributed by atoms with Gasteiger partial charge in [-0.3, -0.25) is 9.78 Å². The molecule has 1 amide bonds. The lowest BCUT2D eigenvalue weighted by Crippen LogP contribution is -2.42. The molecular formula is C22H24F3N3O6S. The maximum Gasteiger partial charge on any atom is 0.490 e. The van der Waals surface area contributed by atoms with E-state index in [1.54, 1.807) is 54.9 Å². The Kier molecular flexibility index (Phi) is 8.13. The van der Waals surface area contributed by atoms with Gasteiger partial charge < -0.3 is 15.2 Å². The number of nitrogens with one attached hydrogen (secondary N) is 1. The predicted molar refractivity (Wildman–Crippen MR) is 118 cm³/mol. The topological polar surface area (TPSA) is 126 Å². The third kappa shape index (κ3) is 6.35. The van der Waals surface area contributed by atoms with E-state index in [0.29, 0.717) is 38.3 Å². The van der Waals surface area contributed by atoms with Gasteiger partial charge in [-0.1, -0.05) is 18.2 Å². The van der Waals surface area contributed by atoms with Crippen LogP contribution in [0.3, 0.4) is 0 Å². The van der Waals surface area contributed by atoms with Crippen molar-refractivity contribution in [3.63, 3.8) is 0 Å². The van der Waals surface area contributed by atoms with Crippen LogP contribution in [-0.2, 0) is 24.3 Å². The number of rotatable bonds is 4. The zero-order chi connectivity index (χ0) is 25.7. The molecule has 1 aromatic heterocycles. The molecule has 2 aliphatic rings. The molecule has 1 spiro atoms. The minimum absolute atomic E-state index is 0.166. The molecule has 190 valence electrons. The van der Waals surface area contributed by atoms with Crippen molar-refractivity contribution in [2.75, 3.05) is 31.6 Å². The van der Waals surface area contributed by atoms with Crippen molar-refractivity contribution < 1.29 is 41.0 Å². The first-order chi connectivity index (χ1) is 16.5. The molecule has 9 nitrogen and oxygen atoms in total. The lowest BCUT2D eigenvalue weighted by molar-refractivity contribution is -0.192. The molecule has 2 fully saturated rings. The minimum Gasteiger partial charge on any atom is -0.475 e. The largest absolute Gasteiger partial charge is 0.490 e. The van der Waals surface area contributed by atoms with Crippen LogP contribution in [0.4, 0.5) is 18.9 Å². The van der Waals surface area contributed by atoms with Gasteiger partial charge in [0.25, 0.3) is 0 Å². The summed E-state index contributed by atoms with van der Waals surface area (Å²) in [5.41, 5.74) is 0.200. The number of carboxylic acid groups (broad SMARTS) is 1. The molecule has 2 N–H and O–H groups in total. The Morgan fingerprint density at radius 3 is 2.29 bits per heavy atom. The van der Waals surface area contributed by atoms with Crippen molar-refractivity contribution in [1.82, 2.24) is 9.29 Å². The number of anilines is 1. The van der Waals surface area contributed by atoms with Gasteiger partial charge in [0.1, 0.15) is 0 Å². The first kappa shape index (κ1) is 26.6. The van der Waals surface area contributed by atoms with Crippen molar-refractivity contribution >= 4 is 27.6 Å². The monoisotopic (exact) mass is 515 g/mol. The number of benzene rings is 1. The molecule has 3 heterocycles. The number of halogens is 3. The van der Waals surface area contributed by atoms with Crippen LogP contribution in [0.2, 0.25) is 0 Å². The summed E-state index contributed by atoms with van der Waals surface area (Å²) in [5, 5.41) is 10.0. The molecule has 13 heteroatoms. The molecule has 1 aromatic carbocycles. The first-order valence-electron chi connectivity index (χ1n) is 10.6. The molecule has 4 rings (SSSR count). The predicted octanol–water partition coefficient (Wildman–Crippen LogP) is 2.77. The number of pyridine rings is 1. The second kappa shape index (κ2) is 10.7. The first-order valence-corrected chi connectivity index (χ1v) is 12.0. The maximum atomic E-state index is 13.1. The molecule has 35 heavy (non-hydrogen) atoms. The lowest BCUT2D eigenvalue weighted by atomic mass is 9.72. The number of alkyl halides is 3. The van der Waals surface area contributed by atoms with Crippen LogP contribution < -0.4 is 5.32 Å². The molecule has 0 aliphatic carbocycles. The zero-order valence-corrected chi connectivity index (χ0v) is 19.3. The lowest BCUT2D eigenvalue weighted by Gasteiger charge is -2.37. The summed E-state index contributed by atoms with van der Waals surface area (Å²) in [5.74, 6) is -3.36. The molecule has 2 saturated heterocycles. The van der Waals surface area contributed by atoms with Crippen molar-refractivity contribution in [2.24, 2.45) is 11.3 Å². The van der Waals surface area contributed by atoms with E-state index in [-0.39, 0.29) is 17.3 Å². The fraction of sp³-hybridized carbons (Fsp3) is 0.409. The van der Waals surface area contributed by atoms with Gasteiger partial charge in [-0.15, -0.1) is 0 Å². The summed E-state index contributed by atoms with van der Waals surface area (Å²) in [6.45, 7) is 1.58. The van der Waals surface area contributed by atoms with E-state index >= 15 is 0 Å². The summed E-state index contributed by atoms with van der Waals surface area (Å²) < 4.78 is 65.0. The third-order valence-electron chi connectivity index (χ3n) is 5.97. The smallest absolute Gasteiger partial charge is 0.475 e. The van der Waals surface area contributed by atoms with Crippen molar-refractivity contribution in [1.29, 1.82) is 0 Å². The second-order valence-electron chi connectivity index (χ2n) is 8.17. The van der Waals surface area contributed by atoms with Crippen molar-refractivity contribution in [2.45, 2.75) is 23.9 Å². The molecule has 0 radical (unpaired) electrons. The maximum absolute atomic E-state index is 13.1. The van der Waals surface area contributed by atoms with Crippen LogP contribution in [0.1, 0.15) is 12.8 Å². The average molecular weight is 516 g/mol. The fourth-order valence-corrected chi connectivity index (χ4v) is 5.73. The van der Waals surface area contributed by atoms with E-state index < -0.39 is 33.5 Å². The molecule has 1 atom stereocenters. The van der Waals surface area contributed by atoms with Crippen LogP contribution in [0, 0.1) is 11.3 Å². The summed E-state index contributed by atoms with van der Waals surface area (Å²) in [4.78, 5) is 26.3. The number of aromatic nitrogens is 1.